The zero-order chi connectivity index (χ0) is 46.6. The van der Waals surface area contributed by atoms with Gasteiger partial charge in [-0.2, -0.15) is 0 Å². The molecule has 2 aliphatic heterocycles. The summed E-state index contributed by atoms with van der Waals surface area (Å²) >= 11 is 0. The molecular formula is C65H52BN3. The van der Waals surface area contributed by atoms with E-state index >= 15 is 0 Å². The summed E-state index contributed by atoms with van der Waals surface area (Å²) in [5.74, 6) is 0. The van der Waals surface area contributed by atoms with Crippen molar-refractivity contribution in [1.29, 1.82) is 0 Å². The average molecular weight is 886 g/mol. The highest BCUT2D eigenvalue weighted by molar-refractivity contribution is 6.93. The van der Waals surface area contributed by atoms with Crippen LogP contribution in [-0.4, -0.2) is 6.85 Å². The fraction of sp³-hybridized carbons (Fsp3) is 0.0769. The molecule has 10 aromatic carbocycles. The van der Waals surface area contributed by atoms with Crippen LogP contribution >= 0.6 is 0 Å². The molecular weight excluding hydrogens is 834 g/mol. The van der Waals surface area contributed by atoms with Crippen molar-refractivity contribution in [2.75, 3.05) is 14.6 Å². The number of benzene rings is 10. The molecule has 0 N–H and O–H groups in total. The van der Waals surface area contributed by atoms with Gasteiger partial charge >= 0.3 is 6.85 Å². The predicted octanol–water partition coefficient (Wildman–Crippen LogP) is 16.5. The van der Waals surface area contributed by atoms with Gasteiger partial charge in [-0.15, -0.1) is 0 Å². The van der Waals surface area contributed by atoms with Crippen LogP contribution in [0.15, 0.2) is 243 Å². The molecule has 3 nitrogen and oxygen atoms in total. The molecule has 0 aliphatic carbocycles. The van der Waals surface area contributed by atoms with Crippen LogP contribution in [0, 0.1) is 6.92 Å². The van der Waals surface area contributed by atoms with Gasteiger partial charge in [-0.05, 0) is 158 Å². The van der Waals surface area contributed by atoms with Crippen molar-refractivity contribution < 1.29 is 0 Å². The summed E-state index contributed by atoms with van der Waals surface area (Å²) in [6.07, 6.45) is 0. The molecule has 69 heavy (non-hydrogen) atoms. The molecule has 0 spiro atoms. The lowest BCUT2D eigenvalue weighted by atomic mass is 9.43. The Morgan fingerprint density at radius 2 is 0.884 bits per heavy atom. The SMILES string of the molecule is Cc1cc(-c2ccccc2)ccc1N1c2ccc(N(c3ccccc3)c3ccccc3)cc2B2c3c(cc(C(C)(C)C)cc31)-c1cc(-c3ccccc3)ccc1N2c1cccc(-c2ccccc2)c1. The van der Waals surface area contributed by atoms with E-state index in [0.717, 1.165) is 22.7 Å². The first-order chi connectivity index (χ1) is 33.8. The van der Waals surface area contributed by atoms with Crippen molar-refractivity contribution in [3.63, 3.8) is 0 Å². The minimum Gasteiger partial charge on any atom is -0.376 e. The van der Waals surface area contributed by atoms with E-state index in [1.54, 1.807) is 0 Å². The van der Waals surface area contributed by atoms with E-state index in [1.807, 2.05) is 0 Å². The van der Waals surface area contributed by atoms with Crippen LogP contribution in [0.3, 0.4) is 0 Å². The monoisotopic (exact) mass is 885 g/mol. The lowest BCUT2D eigenvalue weighted by Crippen LogP contribution is -2.61. The Morgan fingerprint density at radius 3 is 1.45 bits per heavy atom. The van der Waals surface area contributed by atoms with E-state index in [-0.39, 0.29) is 12.3 Å². The lowest BCUT2D eigenvalue weighted by Gasteiger charge is -2.47. The highest BCUT2D eigenvalue weighted by Crippen LogP contribution is 2.50. The lowest BCUT2D eigenvalue weighted by molar-refractivity contribution is 0.590. The van der Waals surface area contributed by atoms with Gasteiger partial charge in [0.25, 0.3) is 0 Å². The quantitative estimate of drug-likeness (QED) is 0.141. The van der Waals surface area contributed by atoms with Crippen molar-refractivity contribution in [3.8, 4) is 44.5 Å². The van der Waals surface area contributed by atoms with Crippen LogP contribution in [0.4, 0.5) is 45.5 Å². The molecule has 0 radical (unpaired) electrons. The number of rotatable bonds is 8. The molecule has 0 aromatic heterocycles. The molecule has 10 aromatic rings. The highest BCUT2D eigenvalue weighted by atomic mass is 15.2. The third-order valence-corrected chi connectivity index (χ3v) is 14.1. The summed E-state index contributed by atoms with van der Waals surface area (Å²) in [5.41, 5.74) is 23.8. The first-order valence-electron chi connectivity index (χ1n) is 24.1. The summed E-state index contributed by atoms with van der Waals surface area (Å²) in [6, 6.07) is 89.4. The minimum absolute atomic E-state index is 0.132. The fourth-order valence-corrected chi connectivity index (χ4v) is 10.7. The van der Waals surface area contributed by atoms with Crippen molar-refractivity contribution in [2.45, 2.75) is 33.1 Å². The topological polar surface area (TPSA) is 9.72 Å². The van der Waals surface area contributed by atoms with E-state index in [0.29, 0.717) is 0 Å². The molecule has 0 saturated heterocycles. The Morgan fingerprint density at radius 1 is 0.377 bits per heavy atom. The third kappa shape index (κ3) is 7.50. The Kier molecular flexibility index (Phi) is 10.4. The van der Waals surface area contributed by atoms with E-state index in [4.69, 9.17) is 0 Å². The molecule has 2 heterocycles. The smallest absolute Gasteiger partial charge is 0.333 e. The molecule has 330 valence electrons. The van der Waals surface area contributed by atoms with Crippen molar-refractivity contribution in [1.82, 2.24) is 0 Å². The second-order valence-corrected chi connectivity index (χ2v) is 19.4. The zero-order valence-electron chi connectivity index (χ0n) is 39.5. The van der Waals surface area contributed by atoms with E-state index in [1.165, 1.54) is 89.3 Å². The maximum Gasteiger partial charge on any atom is 0.333 e. The number of aryl methyl sites for hydroxylation is 1. The second kappa shape index (κ2) is 17.1. The predicted molar refractivity (Wildman–Crippen MR) is 295 cm³/mol. The number of hydrogen-bond acceptors (Lipinski definition) is 3. The molecule has 0 amide bonds. The zero-order valence-corrected chi connectivity index (χ0v) is 39.5. The number of hydrogen-bond donors (Lipinski definition) is 0. The second-order valence-electron chi connectivity index (χ2n) is 19.4. The van der Waals surface area contributed by atoms with Gasteiger partial charge in [0.05, 0.1) is 0 Å². The Labute approximate surface area is 407 Å². The van der Waals surface area contributed by atoms with Crippen LogP contribution in [0.25, 0.3) is 44.5 Å². The van der Waals surface area contributed by atoms with Crippen LogP contribution in [0.2, 0.25) is 0 Å². The summed E-state index contributed by atoms with van der Waals surface area (Å²) in [6.45, 7) is 9.13. The normalized spacial score (nSPS) is 12.6. The van der Waals surface area contributed by atoms with Crippen LogP contribution in [-0.2, 0) is 5.41 Å². The Balaban J connectivity index is 1.18. The van der Waals surface area contributed by atoms with Gasteiger partial charge in [0.15, 0.2) is 0 Å². The van der Waals surface area contributed by atoms with Crippen molar-refractivity contribution in [3.05, 3.63) is 254 Å². The molecule has 0 atom stereocenters. The van der Waals surface area contributed by atoms with E-state index in [9.17, 15) is 0 Å². The summed E-state index contributed by atoms with van der Waals surface area (Å²) in [5, 5.41) is 0. The van der Waals surface area contributed by atoms with Gasteiger partial charge in [-0.3, -0.25) is 0 Å². The van der Waals surface area contributed by atoms with Gasteiger partial charge < -0.3 is 14.6 Å². The first-order valence-corrected chi connectivity index (χ1v) is 24.1. The van der Waals surface area contributed by atoms with Crippen LogP contribution < -0.4 is 25.5 Å². The first kappa shape index (κ1) is 42.0. The molecule has 0 fully saturated rings. The number of para-hydroxylation sites is 2. The maximum absolute atomic E-state index is 2.64. The Bertz CT molecular complexity index is 3460. The number of fused-ring (bicyclic) bond motifs is 4. The largest absolute Gasteiger partial charge is 0.376 e. The fourth-order valence-electron chi connectivity index (χ4n) is 10.7. The molecule has 2 aliphatic rings. The van der Waals surface area contributed by atoms with Gasteiger partial charge in [-0.25, -0.2) is 0 Å². The van der Waals surface area contributed by atoms with Crippen molar-refractivity contribution >= 4 is 63.3 Å². The minimum atomic E-state index is -0.186. The van der Waals surface area contributed by atoms with Crippen molar-refractivity contribution in [2.24, 2.45) is 0 Å². The third-order valence-electron chi connectivity index (χ3n) is 14.1. The van der Waals surface area contributed by atoms with Gasteiger partial charge in [0.1, 0.15) is 0 Å². The summed E-state index contributed by atoms with van der Waals surface area (Å²) in [7, 11) is 0. The van der Waals surface area contributed by atoms with Crippen LogP contribution in [0.1, 0.15) is 31.9 Å². The standard InChI is InChI=1S/C65H52BN3/c1-45-39-50(47-23-12-6-13-24-47)33-36-60(45)68-62-38-35-55(67(53-28-16-8-17-29-53)54-30-18-9-19-31-54)44-59(62)66-64-58(42-52(43-63(64)68)65(2,3)4)57-41-51(48-25-14-7-15-26-48)34-37-61(57)69(66)56-32-20-27-49(40-56)46-21-10-5-11-22-46/h5-44H,1-4H3. The van der Waals surface area contributed by atoms with Gasteiger partial charge in [-0.1, -0.05) is 178 Å². The number of anilines is 8. The van der Waals surface area contributed by atoms with E-state index < -0.39 is 0 Å². The maximum atomic E-state index is 2.64. The van der Waals surface area contributed by atoms with Gasteiger partial charge in [0, 0.05) is 51.1 Å². The summed E-state index contributed by atoms with van der Waals surface area (Å²) < 4.78 is 0. The van der Waals surface area contributed by atoms with Gasteiger partial charge in [0.2, 0.25) is 0 Å². The molecule has 12 rings (SSSR count). The molecule has 0 bridgehead atoms. The number of nitrogens with zero attached hydrogens (tertiary/aromatic N) is 3. The highest BCUT2D eigenvalue weighted by Gasteiger charge is 2.46. The average Bonchev–Trinajstić information content (AvgIpc) is 3.40. The Hall–Kier alpha value is -8.34. The summed E-state index contributed by atoms with van der Waals surface area (Å²) in [4.78, 5) is 7.61. The molecule has 0 saturated carbocycles. The molecule has 0 unspecified atom stereocenters. The molecule has 4 heteroatoms. The van der Waals surface area contributed by atoms with Crippen LogP contribution in [0.5, 0.6) is 0 Å². The van der Waals surface area contributed by atoms with E-state index in [2.05, 4.69) is 285 Å².